The minimum atomic E-state index is -3.65. The number of hydrogen-bond donors (Lipinski definition) is 1. The smallest absolute Gasteiger partial charge is 0.243 e. The van der Waals surface area contributed by atoms with Gasteiger partial charge in [0, 0.05) is 32.6 Å². The predicted octanol–water partition coefficient (Wildman–Crippen LogP) is 3.69. The van der Waals surface area contributed by atoms with Crippen LogP contribution in [0.2, 0.25) is 10.0 Å². The number of amides is 1. The summed E-state index contributed by atoms with van der Waals surface area (Å²) in [4.78, 5) is 12.6. The van der Waals surface area contributed by atoms with Gasteiger partial charge in [-0.3, -0.25) is 10.2 Å². The van der Waals surface area contributed by atoms with Gasteiger partial charge in [0.15, 0.2) is 0 Å². The molecule has 2 aliphatic rings. The molecular weight excluding hydrogens is 421 g/mol. The number of benzene rings is 1. The first-order valence-electron chi connectivity index (χ1n) is 9.86. The Hall–Kier alpha value is -0.860. The maximum absolute atomic E-state index is 13.0. The molecule has 2 fully saturated rings. The van der Waals surface area contributed by atoms with Gasteiger partial charge in [-0.2, -0.15) is 4.31 Å². The van der Waals surface area contributed by atoms with E-state index in [4.69, 9.17) is 23.2 Å². The molecule has 0 radical (unpaired) electrons. The van der Waals surface area contributed by atoms with Crippen molar-refractivity contribution in [3.05, 3.63) is 28.2 Å². The fourth-order valence-corrected chi connectivity index (χ4v) is 5.81. The van der Waals surface area contributed by atoms with Crippen molar-refractivity contribution < 1.29 is 13.2 Å². The molecule has 1 aromatic carbocycles. The molecule has 9 heteroatoms. The summed E-state index contributed by atoms with van der Waals surface area (Å²) in [6.45, 7) is 2.56. The summed E-state index contributed by atoms with van der Waals surface area (Å²) >= 11 is 11.9. The number of carbonyl (C=O) groups excluding carboxylic acids is 1. The molecule has 1 aromatic rings. The van der Waals surface area contributed by atoms with E-state index >= 15 is 0 Å². The molecule has 2 heterocycles. The standard InChI is InChI=1S/C19H27Cl2N3O3S/c20-17-8-7-16(13-18(17)21)28(26,27)24-11-5-6-15(14-24)12-19(25)22-23-9-3-1-2-4-10-23/h7-8,13,15H,1-6,9-12,14H2,(H,22,25). The molecule has 2 aliphatic heterocycles. The monoisotopic (exact) mass is 447 g/mol. The number of rotatable bonds is 5. The van der Waals surface area contributed by atoms with Crippen LogP contribution in [0.15, 0.2) is 23.1 Å². The summed E-state index contributed by atoms with van der Waals surface area (Å²) in [6, 6.07) is 4.35. The molecule has 1 unspecified atom stereocenters. The van der Waals surface area contributed by atoms with Crippen molar-refractivity contribution >= 4 is 39.1 Å². The number of hydrazine groups is 1. The Bertz CT molecular complexity index is 796. The topological polar surface area (TPSA) is 69.7 Å². The zero-order valence-corrected chi connectivity index (χ0v) is 18.2. The number of halogens is 2. The van der Waals surface area contributed by atoms with E-state index in [0.29, 0.717) is 24.5 Å². The van der Waals surface area contributed by atoms with Crippen LogP contribution in [-0.4, -0.2) is 49.8 Å². The molecule has 0 aliphatic carbocycles. The minimum absolute atomic E-state index is 0.0123. The normalized spacial score (nSPS) is 22.6. The van der Waals surface area contributed by atoms with Crippen molar-refractivity contribution in [3.63, 3.8) is 0 Å². The van der Waals surface area contributed by atoms with Gasteiger partial charge in [-0.1, -0.05) is 36.0 Å². The first-order chi connectivity index (χ1) is 13.4. The van der Waals surface area contributed by atoms with Gasteiger partial charge < -0.3 is 0 Å². The third-order valence-electron chi connectivity index (χ3n) is 5.37. The Morgan fingerprint density at radius 3 is 2.43 bits per heavy atom. The second-order valence-corrected chi connectivity index (χ2v) is 10.3. The molecule has 0 spiro atoms. The fourth-order valence-electron chi connectivity index (χ4n) is 3.86. The van der Waals surface area contributed by atoms with Crippen LogP contribution in [0, 0.1) is 5.92 Å². The molecule has 1 atom stereocenters. The van der Waals surface area contributed by atoms with E-state index in [1.165, 1.54) is 35.3 Å². The van der Waals surface area contributed by atoms with E-state index in [1.807, 2.05) is 5.01 Å². The van der Waals surface area contributed by atoms with E-state index in [0.717, 1.165) is 38.8 Å². The molecule has 6 nitrogen and oxygen atoms in total. The first-order valence-corrected chi connectivity index (χ1v) is 12.1. The van der Waals surface area contributed by atoms with Crippen LogP contribution in [0.4, 0.5) is 0 Å². The van der Waals surface area contributed by atoms with Crippen LogP contribution >= 0.6 is 23.2 Å². The van der Waals surface area contributed by atoms with Crippen LogP contribution in [0.3, 0.4) is 0 Å². The highest BCUT2D eigenvalue weighted by atomic mass is 35.5. The van der Waals surface area contributed by atoms with Crippen molar-refractivity contribution in [1.29, 1.82) is 0 Å². The summed E-state index contributed by atoms with van der Waals surface area (Å²) in [7, 11) is -3.65. The summed E-state index contributed by atoms with van der Waals surface area (Å²) < 4.78 is 27.4. The Morgan fingerprint density at radius 2 is 1.75 bits per heavy atom. The first kappa shape index (κ1) is 21.8. The lowest BCUT2D eigenvalue weighted by molar-refractivity contribution is -0.127. The molecule has 0 aromatic heterocycles. The third-order valence-corrected chi connectivity index (χ3v) is 7.97. The lowest BCUT2D eigenvalue weighted by Crippen LogP contribution is -2.45. The van der Waals surface area contributed by atoms with Crippen LogP contribution in [0.5, 0.6) is 0 Å². The van der Waals surface area contributed by atoms with Crippen LogP contribution < -0.4 is 5.43 Å². The molecule has 0 saturated carbocycles. The van der Waals surface area contributed by atoms with Crippen molar-refractivity contribution in [2.24, 2.45) is 5.92 Å². The van der Waals surface area contributed by atoms with Gasteiger partial charge >= 0.3 is 0 Å². The number of sulfonamides is 1. The van der Waals surface area contributed by atoms with Crippen LogP contribution in [-0.2, 0) is 14.8 Å². The van der Waals surface area contributed by atoms with Gasteiger partial charge in [0.05, 0.1) is 14.9 Å². The van der Waals surface area contributed by atoms with Crippen molar-refractivity contribution in [2.75, 3.05) is 26.2 Å². The van der Waals surface area contributed by atoms with Gasteiger partial charge in [-0.05, 0) is 49.8 Å². The fraction of sp³-hybridized carbons (Fsp3) is 0.632. The Balaban J connectivity index is 1.59. The molecule has 28 heavy (non-hydrogen) atoms. The number of nitrogens with one attached hydrogen (secondary N) is 1. The van der Waals surface area contributed by atoms with Crippen LogP contribution in [0.25, 0.3) is 0 Å². The average molecular weight is 448 g/mol. The zero-order chi connectivity index (χ0) is 20.1. The van der Waals surface area contributed by atoms with E-state index in [9.17, 15) is 13.2 Å². The second-order valence-electron chi connectivity index (χ2n) is 7.59. The minimum Gasteiger partial charge on any atom is -0.289 e. The third kappa shape index (κ3) is 5.60. The molecule has 1 N–H and O–H groups in total. The van der Waals surface area contributed by atoms with E-state index in [1.54, 1.807) is 0 Å². The molecule has 0 bridgehead atoms. The van der Waals surface area contributed by atoms with Gasteiger partial charge in [0.25, 0.3) is 0 Å². The molecule has 3 rings (SSSR count). The van der Waals surface area contributed by atoms with Gasteiger partial charge in [0.2, 0.25) is 15.9 Å². The lowest BCUT2D eigenvalue weighted by atomic mass is 9.96. The summed E-state index contributed by atoms with van der Waals surface area (Å²) in [5.41, 5.74) is 3.00. The Morgan fingerprint density at radius 1 is 1.04 bits per heavy atom. The van der Waals surface area contributed by atoms with E-state index < -0.39 is 10.0 Å². The van der Waals surface area contributed by atoms with Crippen molar-refractivity contribution in [2.45, 2.75) is 49.8 Å². The van der Waals surface area contributed by atoms with Gasteiger partial charge in [0.1, 0.15) is 0 Å². The SMILES string of the molecule is O=C(CC1CCCN(S(=O)(=O)c2ccc(Cl)c(Cl)c2)C1)NN1CCCCCC1. The molecular formula is C19H27Cl2N3O3S. The number of hydrogen-bond acceptors (Lipinski definition) is 4. The van der Waals surface area contributed by atoms with Gasteiger partial charge in [-0.15, -0.1) is 0 Å². The zero-order valence-electron chi connectivity index (χ0n) is 15.9. The Kier molecular flexibility index (Phi) is 7.61. The highest BCUT2D eigenvalue weighted by molar-refractivity contribution is 7.89. The maximum Gasteiger partial charge on any atom is 0.243 e. The van der Waals surface area contributed by atoms with Crippen molar-refractivity contribution in [1.82, 2.24) is 14.7 Å². The molecule has 156 valence electrons. The van der Waals surface area contributed by atoms with Gasteiger partial charge in [-0.25, -0.2) is 13.4 Å². The highest BCUT2D eigenvalue weighted by Crippen LogP contribution is 2.29. The Labute approximate surface area is 177 Å². The van der Waals surface area contributed by atoms with Crippen molar-refractivity contribution in [3.8, 4) is 0 Å². The maximum atomic E-state index is 13.0. The summed E-state index contributed by atoms with van der Waals surface area (Å²) in [5, 5.41) is 2.54. The average Bonchev–Trinajstić information content (AvgIpc) is 2.92. The quantitative estimate of drug-likeness (QED) is 0.746. The number of carbonyl (C=O) groups is 1. The summed E-state index contributed by atoms with van der Waals surface area (Å²) in [5.74, 6) is -0.0149. The van der Waals surface area contributed by atoms with Crippen LogP contribution in [0.1, 0.15) is 44.9 Å². The predicted molar refractivity (Wildman–Crippen MR) is 111 cm³/mol. The van der Waals surface area contributed by atoms with E-state index in [2.05, 4.69) is 5.43 Å². The number of nitrogens with zero attached hydrogens (tertiary/aromatic N) is 2. The largest absolute Gasteiger partial charge is 0.289 e. The second kappa shape index (κ2) is 9.76. The molecule has 2 saturated heterocycles. The lowest BCUT2D eigenvalue weighted by Gasteiger charge is -2.32. The molecule has 1 amide bonds. The number of piperidine rings is 1. The summed E-state index contributed by atoms with van der Waals surface area (Å²) in [6.07, 6.45) is 6.53. The highest BCUT2D eigenvalue weighted by Gasteiger charge is 2.31. The van der Waals surface area contributed by atoms with E-state index in [-0.39, 0.29) is 21.7 Å².